The molecule has 0 radical (unpaired) electrons. The smallest absolute Gasteiger partial charge is 0.256 e. The minimum absolute atomic E-state index is 0.218. The van der Waals surface area contributed by atoms with Gasteiger partial charge in [0, 0.05) is 29.4 Å². The Morgan fingerprint density at radius 1 is 1.04 bits per heavy atom. The van der Waals surface area contributed by atoms with E-state index in [1.807, 2.05) is 49.4 Å². The van der Waals surface area contributed by atoms with Gasteiger partial charge in [0.05, 0.1) is 11.2 Å². The van der Waals surface area contributed by atoms with Crippen LogP contribution in [0, 0.1) is 6.92 Å². The molecule has 4 rings (SSSR count). The van der Waals surface area contributed by atoms with Crippen molar-refractivity contribution in [2.75, 3.05) is 5.32 Å². The quantitative estimate of drug-likeness (QED) is 0.625. The molecule has 0 aliphatic carbocycles. The number of carbonyl (C=O) groups is 1. The van der Waals surface area contributed by atoms with Crippen molar-refractivity contribution in [3.63, 3.8) is 0 Å². The largest absolute Gasteiger partial charge is 0.306 e. The second-order valence-corrected chi connectivity index (χ2v) is 5.63. The maximum absolute atomic E-state index is 12.4. The molecule has 6 nitrogen and oxygen atoms in total. The summed E-state index contributed by atoms with van der Waals surface area (Å²) in [5, 5.41) is 8.40. The molecular formula is C19H15N5O. The van der Waals surface area contributed by atoms with Crippen LogP contribution in [0.25, 0.3) is 16.7 Å². The maximum atomic E-state index is 12.4. The molecule has 1 N–H and O–H groups in total. The first-order valence-corrected chi connectivity index (χ1v) is 7.85. The van der Waals surface area contributed by atoms with Crippen LogP contribution in [-0.2, 0) is 0 Å². The number of benzene rings is 1. The molecule has 0 aliphatic heterocycles. The number of rotatable bonds is 3. The van der Waals surface area contributed by atoms with Crippen LogP contribution < -0.4 is 5.32 Å². The predicted molar refractivity (Wildman–Crippen MR) is 95.8 cm³/mol. The van der Waals surface area contributed by atoms with E-state index in [1.54, 1.807) is 29.2 Å². The standard InChI is InChI=1S/C19H15N5O/c1-13-12-18(22-19(25)15-8-10-20-11-9-15)24(23-13)17-7-6-14-4-2-3-5-16(14)21-17/h2-12H,1H3,(H,22,25). The van der Waals surface area contributed by atoms with Gasteiger partial charge in [-0.15, -0.1) is 0 Å². The molecule has 1 aromatic carbocycles. The van der Waals surface area contributed by atoms with E-state index in [2.05, 4.69) is 20.4 Å². The number of anilines is 1. The minimum Gasteiger partial charge on any atom is -0.306 e. The number of amides is 1. The minimum atomic E-state index is -0.218. The lowest BCUT2D eigenvalue weighted by atomic mass is 10.2. The fraction of sp³-hybridized carbons (Fsp3) is 0.0526. The van der Waals surface area contributed by atoms with Crippen molar-refractivity contribution in [3.8, 4) is 5.82 Å². The van der Waals surface area contributed by atoms with Gasteiger partial charge in [0.25, 0.3) is 5.91 Å². The Balaban J connectivity index is 1.72. The Morgan fingerprint density at radius 3 is 2.68 bits per heavy atom. The molecule has 0 bridgehead atoms. The highest BCUT2D eigenvalue weighted by atomic mass is 16.1. The highest BCUT2D eigenvalue weighted by Gasteiger charge is 2.13. The van der Waals surface area contributed by atoms with Gasteiger partial charge in [0.15, 0.2) is 5.82 Å². The zero-order valence-corrected chi connectivity index (χ0v) is 13.5. The molecular weight excluding hydrogens is 314 g/mol. The van der Waals surface area contributed by atoms with Crippen LogP contribution >= 0.6 is 0 Å². The number of para-hydroxylation sites is 1. The van der Waals surface area contributed by atoms with Crippen LogP contribution in [0.4, 0.5) is 5.82 Å². The highest BCUT2D eigenvalue weighted by Crippen LogP contribution is 2.19. The fourth-order valence-corrected chi connectivity index (χ4v) is 2.63. The number of fused-ring (bicyclic) bond motifs is 1. The number of aryl methyl sites for hydroxylation is 1. The van der Waals surface area contributed by atoms with E-state index in [0.717, 1.165) is 16.6 Å². The number of hydrogen-bond donors (Lipinski definition) is 1. The maximum Gasteiger partial charge on any atom is 0.256 e. The Hall–Kier alpha value is -3.54. The summed E-state index contributed by atoms with van der Waals surface area (Å²) >= 11 is 0. The summed E-state index contributed by atoms with van der Waals surface area (Å²) < 4.78 is 1.64. The molecule has 0 spiro atoms. The first-order chi connectivity index (χ1) is 12.2. The van der Waals surface area contributed by atoms with E-state index >= 15 is 0 Å². The van der Waals surface area contributed by atoms with Gasteiger partial charge in [-0.1, -0.05) is 18.2 Å². The molecule has 0 fully saturated rings. The summed E-state index contributed by atoms with van der Waals surface area (Å²) in [6, 6.07) is 16.9. The summed E-state index contributed by atoms with van der Waals surface area (Å²) in [5.74, 6) is 1.00. The summed E-state index contributed by atoms with van der Waals surface area (Å²) in [5.41, 5.74) is 2.20. The van der Waals surface area contributed by atoms with Gasteiger partial charge >= 0.3 is 0 Å². The number of carbonyl (C=O) groups excluding carboxylic acids is 1. The van der Waals surface area contributed by atoms with Crippen LogP contribution in [0.15, 0.2) is 67.0 Å². The Bertz CT molecular complexity index is 1060. The van der Waals surface area contributed by atoms with E-state index < -0.39 is 0 Å². The molecule has 0 unspecified atom stereocenters. The molecule has 0 saturated heterocycles. The van der Waals surface area contributed by atoms with Crippen molar-refractivity contribution < 1.29 is 4.79 Å². The summed E-state index contributed by atoms with van der Waals surface area (Å²) in [4.78, 5) is 21.0. The zero-order valence-electron chi connectivity index (χ0n) is 13.5. The van der Waals surface area contributed by atoms with E-state index in [9.17, 15) is 4.79 Å². The van der Waals surface area contributed by atoms with Crippen molar-refractivity contribution in [3.05, 3.63) is 78.2 Å². The van der Waals surface area contributed by atoms with Crippen LogP contribution in [0.1, 0.15) is 16.1 Å². The van der Waals surface area contributed by atoms with Crippen molar-refractivity contribution in [2.24, 2.45) is 0 Å². The summed E-state index contributed by atoms with van der Waals surface area (Å²) in [7, 11) is 0. The Kier molecular flexibility index (Phi) is 3.70. The van der Waals surface area contributed by atoms with Crippen LogP contribution in [0.3, 0.4) is 0 Å². The number of nitrogens with zero attached hydrogens (tertiary/aromatic N) is 4. The van der Waals surface area contributed by atoms with Gasteiger partial charge in [-0.25, -0.2) is 4.98 Å². The molecule has 3 aromatic heterocycles. The molecule has 25 heavy (non-hydrogen) atoms. The number of nitrogens with one attached hydrogen (secondary N) is 1. The van der Waals surface area contributed by atoms with Crippen LogP contribution in [-0.4, -0.2) is 25.7 Å². The number of pyridine rings is 2. The first-order valence-electron chi connectivity index (χ1n) is 7.85. The molecule has 122 valence electrons. The molecule has 0 atom stereocenters. The van der Waals surface area contributed by atoms with Crippen molar-refractivity contribution in [1.29, 1.82) is 0 Å². The van der Waals surface area contributed by atoms with Crippen LogP contribution in [0.5, 0.6) is 0 Å². The van der Waals surface area contributed by atoms with E-state index in [1.165, 1.54) is 0 Å². The third kappa shape index (κ3) is 2.97. The third-order valence-corrected chi connectivity index (χ3v) is 3.82. The van der Waals surface area contributed by atoms with Crippen LogP contribution in [0.2, 0.25) is 0 Å². The van der Waals surface area contributed by atoms with Gasteiger partial charge in [-0.2, -0.15) is 9.78 Å². The van der Waals surface area contributed by atoms with Gasteiger partial charge in [0.1, 0.15) is 5.82 Å². The predicted octanol–water partition coefficient (Wildman–Crippen LogP) is 3.38. The molecule has 1 amide bonds. The van der Waals surface area contributed by atoms with E-state index in [-0.39, 0.29) is 5.91 Å². The zero-order chi connectivity index (χ0) is 17.2. The normalized spacial score (nSPS) is 10.8. The van der Waals surface area contributed by atoms with Crippen molar-refractivity contribution in [1.82, 2.24) is 19.7 Å². The van der Waals surface area contributed by atoms with E-state index in [4.69, 9.17) is 0 Å². The molecule has 6 heteroatoms. The lowest BCUT2D eigenvalue weighted by Gasteiger charge is -2.09. The topological polar surface area (TPSA) is 72.7 Å². The lowest BCUT2D eigenvalue weighted by Crippen LogP contribution is -2.15. The summed E-state index contributed by atoms with van der Waals surface area (Å²) in [6.45, 7) is 1.87. The highest BCUT2D eigenvalue weighted by molar-refractivity contribution is 6.03. The molecule has 0 saturated carbocycles. The molecule has 4 aromatic rings. The number of aromatic nitrogens is 4. The van der Waals surface area contributed by atoms with Gasteiger partial charge in [-0.05, 0) is 37.3 Å². The lowest BCUT2D eigenvalue weighted by molar-refractivity contribution is 0.102. The van der Waals surface area contributed by atoms with Gasteiger partial charge in [-0.3, -0.25) is 9.78 Å². The number of hydrogen-bond acceptors (Lipinski definition) is 4. The fourth-order valence-electron chi connectivity index (χ4n) is 2.63. The Labute approximate surface area is 144 Å². The van der Waals surface area contributed by atoms with E-state index in [0.29, 0.717) is 17.2 Å². The second kappa shape index (κ2) is 6.16. The average Bonchev–Trinajstić information content (AvgIpc) is 3.02. The van der Waals surface area contributed by atoms with Gasteiger partial charge in [0.2, 0.25) is 0 Å². The monoisotopic (exact) mass is 329 g/mol. The third-order valence-electron chi connectivity index (χ3n) is 3.82. The van der Waals surface area contributed by atoms with Crippen molar-refractivity contribution in [2.45, 2.75) is 6.92 Å². The average molecular weight is 329 g/mol. The molecule has 0 aliphatic rings. The second-order valence-electron chi connectivity index (χ2n) is 5.63. The molecule has 3 heterocycles. The van der Waals surface area contributed by atoms with Crippen molar-refractivity contribution >= 4 is 22.6 Å². The van der Waals surface area contributed by atoms with Gasteiger partial charge < -0.3 is 5.32 Å². The summed E-state index contributed by atoms with van der Waals surface area (Å²) in [6.07, 6.45) is 3.17. The SMILES string of the molecule is Cc1cc(NC(=O)c2ccncc2)n(-c2ccc3ccccc3n2)n1. The first kappa shape index (κ1) is 15.0. The Morgan fingerprint density at radius 2 is 1.84 bits per heavy atom.